The molecule has 0 aliphatic rings. The lowest BCUT2D eigenvalue weighted by Gasteiger charge is -2.03. The number of benzene rings is 2. The third-order valence-corrected chi connectivity index (χ3v) is 4.84. The first kappa shape index (κ1) is 17.9. The second-order valence-corrected chi connectivity index (χ2v) is 7.14. The van der Waals surface area contributed by atoms with Crippen molar-refractivity contribution in [3.05, 3.63) is 60.1 Å². The number of aromatic nitrogens is 4. The van der Waals surface area contributed by atoms with E-state index < -0.39 is 5.91 Å². The molecule has 3 heterocycles. The number of primary amides is 1. The molecule has 0 saturated heterocycles. The normalized spacial score (nSPS) is 11.4. The molecule has 0 bridgehead atoms. The first-order valence-corrected chi connectivity index (χ1v) is 9.28. The summed E-state index contributed by atoms with van der Waals surface area (Å²) in [7, 11) is 3.73. The number of nitrogens with zero attached hydrogens (tertiary/aromatic N) is 5. The minimum atomic E-state index is -0.478. The topological polar surface area (TPSA) is 116 Å². The Morgan fingerprint density at radius 1 is 1.17 bits per heavy atom. The highest BCUT2D eigenvalue weighted by Gasteiger charge is 2.16. The average molecular weight is 402 g/mol. The van der Waals surface area contributed by atoms with Crippen molar-refractivity contribution in [2.24, 2.45) is 5.73 Å². The van der Waals surface area contributed by atoms with Gasteiger partial charge < -0.3 is 24.1 Å². The zero-order valence-corrected chi connectivity index (χ0v) is 16.4. The van der Waals surface area contributed by atoms with Gasteiger partial charge in [-0.25, -0.2) is 0 Å². The smallest absolute Gasteiger partial charge is 0.297 e. The Morgan fingerprint density at radius 3 is 2.80 bits per heavy atom. The molecule has 0 radical (unpaired) electrons. The zero-order valence-electron chi connectivity index (χ0n) is 16.4. The summed E-state index contributed by atoms with van der Waals surface area (Å²) in [5.41, 5.74) is 9.00. The van der Waals surface area contributed by atoms with Gasteiger partial charge in [-0.15, -0.1) is 0 Å². The largest absolute Gasteiger partial charge is 0.423 e. The fourth-order valence-electron chi connectivity index (χ4n) is 3.40. The molecule has 1 amide bonds. The highest BCUT2D eigenvalue weighted by atomic mass is 16.5. The van der Waals surface area contributed by atoms with Crippen LogP contribution in [0.25, 0.3) is 33.4 Å². The Labute approximate surface area is 170 Å². The van der Waals surface area contributed by atoms with E-state index in [9.17, 15) is 4.79 Å². The van der Waals surface area contributed by atoms with E-state index in [1.165, 1.54) is 0 Å². The number of rotatable bonds is 5. The number of hydrogen-bond acceptors (Lipinski definition) is 7. The zero-order chi connectivity index (χ0) is 20.8. The Hall–Kier alpha value is -4.14. The molecule has 3 aromatic heterocycles. The van der Waals surface area contributed by atoms with Crippen molar-refractivity contribution < 1.29 is 13.7 Å². The number of oxazole rings is 1. The average Bonchev–Trinajstić information content (AvgIpc) is 3.44. The molecular formula is C21H18N6O3. The van der Waals surface area contributed by atoms with E-state index in [1.54, 1.807) is 11.1 Å². The number of fused-ring (bicyclic) bond motifs is 2. The van der Waals surface area contributed by atoms with Crippen molar-refractivity contribution in [1.29, 1.82) is 0 Å². The van der Waals surface area contributed by atoms with E-state index in [2.05, 4.69) is 15.1 Å². The molecule has 2 N–H and O–H groups in total. The summed E-state index contributed by atoms with van der Waals surface area (Å²) in [4.78, 5) is 22.5. The minimum Gasteiger partial charge on any atom is -0.423 e. The van der Waals surface area contributed by atoms with Crippen molar-refractivity contribution in [2.75, 3.05) is 19.0 Å². The quantitative estimate of drug-likeness (QED) is 0.480. The van der Waals surface area contributed by atoms with E-state index in [-0.39, 0.29) is 0 Å². The lowest BCUT2D eigenvalue weighted by Crippen LogP contribution is -2.10. The lowest BCUT2D eigenvalue weighted by molar-refractivity contribution is 0.100. The standard InChI is InChI=1S/C21H18N6O3/c1-26(2)21-23-15-9-12(7-8-17(15)29-21)20-24-18(30-25-20)11-27-10-14(19(22)28)13-5-3-4-6-16(13)27/h3-10H,11H2,1-2H3,(H2,22,28). The molecule has 9 heteroatoms. The molecule has 0 atom stereocenters. The van der Waals surface area contributed by atoms with Gasteiger partial charge in [-0.1, -0.05) is 23.4 Å². The highest BCUT2D eigenvalue weighted by Crippen LogP contribution is 2.26. The van der Waals surface area contributed by atoms with Gasteiger partial charge in [0.05, 0.1) is 5.56 Å². The number of hydrogen-bond donors (Lipinski definition) is 1. The molecule has 9 nitrogen and oxygen atoms in total. The molecular weight excluding hydrogens is 384 g/mol. The Kier molecular flexibility index (Phi) is 4.02. The van der Waals surface area contributed by atoms with Crippen molar-refractivity contribution in [3.63, 3.8) is 0 Å². The number of para-hydroxylation sites is 1. The van der Waals surface area contributed by atoms with E-state index in [1.807, 2.05) is 61.1 Å². The highest BCUT2D eigenvalue weighted by molar-refractivity contribution is 6.06. The van der Waals surface area contributed by atoms with E-state index >= 15 is 0 Å². The van der Waals surface area contributed by atoms with Gasteiger partial charge in [-0.2, -0.15) is 9.97 Å². The molecule has 30 heavy (non-hydrogen) atoms. The molecule has 5 rings (SSSR count). The van der Waals surface area contributed by atoms with E-state index in [0.717, 1.165) is 16.5 Å². The molecule has 150 valence electrons. The summed E-state index contributed by atoms with van der Waals surface area (Å²) in [6.07, 6.45) is 1.71. The van der Waals surface area contributed by atoms with Gasteiger partial charge >= 0.3 is 0 Å². The molecule has 2 aromatic carbocycles. The molecule has 5 aromatic rings. The van der Waals surface area contributed by atoms with Crippen LogP contribution in [0.5, 0.6) is 0 Å². The molecule has 0 saturated carbocycles. The van der Waals surface area contributed by atoms with Crippen LogP contribution in [-0.2, 0) is 6.54 Å². The van der Waals surface area contributed by atoms with Crippen LogP contribution < -0.4 is 10.6 Å². The summed E-state index contributed by atoms with van der Waals surface area (Å²) in [6, 6.07) is 13.6. The number of carbonyl (C=O) groups excluding carboxylic acids is 1. The van der Waals surface area contributed by atoms with E-state index in [4.69, 9.17) is 14.7 Å². The molecule has 0 aliphatic carbocycles. The molecule has 0 unspecified atom stereocenters. The third-order valence-electron chi connectivity index (χ3n) is 4.84. The van der Waals surface area contributed by atoms with Crippen LogP contribution >= 0.6 is 0 Å². The lowest BCUT2D eigenvalue weighted by atomic mass is 10.2. The second-order valence-electron chi connectivity index (χ2n) is 7.14. The maximum absolute atomic E-state index is 11.8. The van der Waals surface area contributed by atoms with Gasteiger partial charge in [0.1, 0.15) is 12.1 Å². The molecule has 0 fully saturated rings. The summed E-state index contributed by atoms with van der Waals surface area (Å²) >= 11 is 0. The summed E-state index contributed by atoms with van der Waals surface area (Å²) < 4.78 is 13.0. The second kappa shape index (κ2) is 6.73. The fraction of sp³-hybridized carbons (Fsp3) is 0.143. The van der Waals surface area contributed by atoms with Crippen molar-refractivity contribution >= 4 is 33.9 Å². The maximum Gasteiger partial charge on any atom is 0.297 e. The van der Waals surface area contributed by atoms with Crippen LogP contribution in [0.15, 0.2) is 57.6 Å². The molecule has 0 aliphatic heterocycles. The van der Waals surface area contributed by atoms with Crippen LogP contribution in [0, 0.1) is 0 Å². The monoisotopic (exact) mass is 402 g/mol. The van der Waals surface area contributed by atoms with Gasteiger partial charge in [0.25, 0.3) is 11.9 Å². The number of nitrogens with two attached hydrogens (primary N) is 1. The first-order valence-electron chi connectivity index (χ1n) is 9.28. The van der Waals surface area contributed by atoms with Gasteiger partial charge in [-0.3, -0.25) is 4.79 Å². The van der Waals surface area contributed by atoms with Crippen LogP contribution in [0.1, 0.15) is 16.2 Å². The fourth-order valence-corrected chi connectivity index (χ4v) is 3.40. The SMILES string of the molecule is CN(C)c1nc2cc(-c3noc(Cn4cc(C(N)=O)c5ccccc54)n3)ccc2o1. The third kappa shape index (κ3) is 2.96. The first-order chi connectivity index (χ1) is 14.5. The van der Waals surface area contributed by atoms with Crippen LogP contribution in [-0.4, -0.2) is 39.7 Å². The van der Waals surface area contributed by atoms with Crippen molar-refractivity contribution in [3.8, 4) is 11.4 Å². The van der Waals surface area contributed by atoms with Crippen LogP contribution in [0.3, 0.4) is 0 Å². The van der Waals surface area contributed by atoms with Gasteiger partial charge in [0, 0.05) is 36.8 Å². The molecule has 0 spiro atoms. The van der Waals surface area contributed by atoms with Crippen molar-refractivity contribution in [2.45, 2.75) is 6.54 Å². The van der Waals surface area contributed by atoms with Gasteiger partial charge in [-0.05, 0) is 24.3 Å². The van der Waals surface area contributed by atoms with E-state index in [0.29, 0.717) is 40.9 Å². The minimum absolute atomic E-state index is 0.317. The number of anilines is 1. The van der Waals surface area contributed by atoms with Gasteiger partial charge in [0.15, 0.2) is 5.58 Å². The maximum atomic E-state index is 11.8. The summed E-state index contributed by atoms with van der Waals surface area (Å²) in [5.74, 6) is 0.387. The predicted octanol–water partition coefficient (Wildman–Crippen LogP) is 3.05. The van der Waals surface area contributed by atoms with Gasteiger partial charge in [0.2, 0.25) is 11.7 Å². The van der Waals surface area contributed by atoms with Crippen molar-refractivity contribution in [1.82, 2.24) is 19.7 Å². The van der Waals surface area contributed by atoms with Crippen LogP contribution in [0.2, 0.25) is 0 Å². The van der Waals surface area contributed by atoms with Crippen LogP contribution in [0.4, 0.5) is 6.01 Å². The number of amides is 1. The Balaban J connectivity index is 1.47. The summed E-state index contributed by atoms with van der Waals surface area (Å²) in [6.45, 7) is 0.317. The predicted molar refractivity (Wildman–Crippen MR) is 111 cm³/mol. The number of carbonyl (C=O) groups is 1. The summed E-state index contributed by atoms with van der Waals surface area (Å²) in [5, 5.41) is 4.88. The Bertz CT molecular complexity index is 1390. The Morgan fingerprint density at radius 2 is 2.00 bits per heavy atom.